The monoisotopic (exact) mass is 436 g/mol. The van der Waals surface area contributed by atoms with Crippen molar-refractivity contribution in [2.45, 2.75) is 92.8 Å². The van der Waals surface area contributed by atoms with Crippen LogP contribution in [0, 0.1) is 0 Å². The number of carbonyl (C=O) groups excluding carboxylic acids is 3. The predicted octanol–water partition coefficient (Wildman–Crippen LogP) is 4.91. The lowest BCUT2D eigenvalue weighted by Gasteiger charge is -2.52. The minimum absolute atomic E-state index is 0.0190. The van der Waals surface area contributed by atoms with Crippen molar-refractivity contribution in [3.8, 4) is 0 Å². The Labute approximate surface area is 190 Å². The summed E-state index contributed by atoms with van der Waals surface area (Å²) in [5, 5.41) is 0. The zero-order valence-electron chi connectivity index (χ0n) is 21.1. The molecule has 0 spiro atoms. The molecule has 6 nitrogen and oxygen atoms in total. The summed E-state index contributed by atoms with van der Waals surface area (Å²) in [5.74, 6) is 0.0739. The summed E-state index contributed by atoms with van der Waals surface area (Å²) in [6.45, 7) is 20.7. The van der Waals surface area contributed by atoms with Gasteiger partial charge < -0.3 is 14.5 Å². The smallest absolute Gasteiger partial charge is 0.292 e. The maximum Gasteiger partial charge on any atom is 0.292 e. The van der Waals surface area contributed by atoms with Gasteiger partial charge in [0.05, 0.1) is 19.2 Å². The second kappa shape index (κ2) is 17.3. The van der Waals surface area contributed by atoms with Gasteiger partial charge in [-0.05, 0) is 37.8 Å². The molecule has 31 heavy (non-hydrogen) atoms. The van der Waals surface area contributed by atoms with E-state index in [-0.39, 0.29) is 29.9 Å². The van der Waals surface area contributed by atoms with Crippen LogP contribution in [0.25, 0.3) is 0 Å². The lowest BCUT2D eigenvalue weighted by molar-refractivity contribution is -0.158. The van der Waals surface area contributed by atoms with Crippen LogP contribution in [0.4, 0.5) is 0 Å². The van der Waals surface area contributed by atoms with Gasteiger partial charge in [0.2, 0.25) is 11.8 Å². The van der Waals surface area contributed by atoms with Gasteiger partial charge in [-0.1, -0.05) is 65.8 Å². The molecule has 0 aliphatic carbocycles. The zero-order chi connectivity index (χ0) is 24.6. The van der Waals surface area contributed by atoms with E-state index in [0.29, 0.717) is 13.0 Å². The van der Waals surface area contributed by atoms with Crippen molar-refractivity contribution in [3.05, 3.63) is 36.0 Å². The summed E-state index contributed by atoms with van der Waals surface area (Å²) in [7, 11) is 1.31. The number of methoxy groups -OCH3 is 1. The molecular formula is C25H44N2O4. The van der Waals surface area contributed by atoms with Gasteiger partial charge in [-0.3, -0.25) is 14.4 Å². The minimum Gasteiger partial charge on any atom is -0.471 e. The van der Waals surface area contributed by atoms with E-state index in [9.17, 15) is 9.59 Å². The summed E-state index contributed by atoms with van der Waals surface area (Å²) in [4.78, 5) is 38.0. The molecule has 1 fully saturated rings. The van der Waals surface area contributed by atoms with Crippen LogP contribution in [0.5, 0.6) is 0 Å². The zero-order valence-corrected chi connectivity index (χ0v) is 21.1. The number of amides is 2. The summed E-state index contributed by atoms with van der Waals surface area (Å²) in [5.41, 5.74) is 2.30. The standard InChI is InChI=1S/C19H28N2O2.C2H4O2.2C2H6/c1-6-9-16-15(8-3)11-12-20-18(16)13(4)21(14(5)22)17(10-7-2)19(20)23;1-4-2-3;2*1-2/h6,8-9,13,17-18H,3,7,10-12H2,1-2,4-5H3;2H,1H3;2*1-2H3/b9-6-;;;. The summed E-state index contributed by atoms with van der Waals surface area (Å²) in [6, 6.07) is -0.415. The number of hydrogen-bond acceptors (Lipinski definition) is 4. The Kier molecular flexibility index (Phi) is 17.2. The molecule has 0 saturated carbocycles. The highest BCUT2D eigenvalue weighted by atomic mass is 16.5. The third-order valence-corrected chi connectivity index (χ3v) is 5.06. The van der Waals surface area contributed by atoms with Crippen molar-refractivity contribution in [3.63, 3.8) is 0 Å². The van der Waals surface area contributed by atoms with E-state index in [2.05, 4.69) is 31.2 Å². The molecule has 0 aromatic carbocycles. The van der Waals surface area contributed by atoms with Crippen LogP contribution in [0.2, 0.25) is 0 Å². The Morgan fingerprint density at radius 3 is 2.19 bits per heavy atom. The molecule has 2 rings (SSSR count). The average Bonchev–Trinajstić information content (AvgIpc) is 2.80. The first-order valence-electron chi connectivity index (χ1n) is 11.4. The first-order valence-corrected chi connectivity index (χ1v) is 11.4. The molecule has 1 saturated heterocycles. The van der Waals surface area contributed by atoms with Crippen molar-refractivity contribution in [2.75, 3.05) is 13.7 Å². The quantitative estimate of drug-likeness (QED) is 0.575. The van der Waals surface area contributed by atoms with Crippen LogP contribution in [0.15, 0.2) is 36.0 Å². The fraction of sp³-hybridized carbons (Fsp3) is 0.640. The topological polar surface area (TPSA) is 66.9 Å². The maximum atomic E-state index is 13.0. The number of ether oxygens (including phenoxy) is 1. The largest absolute Gasteiger partial charge is 0.471 e. The molecule has 2 aliphatic rings. The Morgan fingerprint density at radius 2 is 1.81 bits per heavy atom. The highest BCUT2D eigenvalue weighted by Gasteiger charge is 2.47. The van der Waals surface area contributed by atoms with Gasteiger partial charge in [0.25, 0.3) is 6.47 Å². The molecule has 3 atom stereocenters. The fourth-order valence-corrected chi connectivity index (χ4v) is 4.04. The highest BCUT2D eigenvalue weighted by Crippen LogP contribution is 2.35. The third kappa shape index (κ3) is 8.00. The second-order valence-corrected chi connectivity index (χ2v) is 6.71. The Morgan fingerprint density at radius 1 is 1.26 bits per heavy atom. The molecule has 3 unspecified atom stereocenters. The summed E-state index contributed by atoms with van der Waals surface area (Å²) in [6.07, 6.45) is 8.40. The van der Waals surface area contributed by atoms with Crippen LogP contribution in [-0.2, 0) is 19.1 Å². The van der Waals surface area contributed by atoms with Crippen LogP contribution in [0.1, 0.15) is 74.7 Å². The maximum absolute atomic E-state index is 13.0. The van der Waals surface area contributed by atoms with Gasteiger partial charge in [-0.25, -0.2) is 0 Å². The van der Waals surface area contributed by atoms with Crippen LogP contribution < -0.4 is 0 Å². The van der Waals surface area contributed by atoms with Gasteiger partial charge in [0, 0.05) is 13.5 Å². The molecule has 6 heteroatoms. The van der Waals surface area contributed by atoms with Crippen LogP contribution in [-0.4, -0.2) is 59.9 Å². The van der Waals surface area contributed by atoms with Crippen molar-refractivity contribution in [1.82, 2.24) is 9.80 Å². The Balaban J connectivity index is 0. The number of allylic oxidation sites excluding steroid dienone is 2. The second-order valence-electron chi connectivity index (χ2n) is 6.71. The van der Waals surface area contributed by atoms with Gasteiger partial charge in [0.15, 0.2) is 0 Å². The van der Waals surface area contributed by atoms with Gasteiger partial charge >= 0.3 is 0 Å². The third-order valence-electron chi connectivity index (χ3n) is 5.06. The van der Waals surface area contributed by atoms with Crippen molar-refractivity contribution < 1.29 is 19.1 Å². The molecule has 0 aromatic rings. The number of nitrogens with zero attached hydrogens (tertiary/aromatic N) is 2. The predicted molar refractivity (Wildman–Crippen MR) is 129 cm³/mol. The molecule has 2 heterocycles. The number of carbonyl (C=O) groups is 3. The SMILES string of the molecule is C=CC1=C(/C=C\C)C2C(C)N(C(C)=O)C(CCC)C(=O)N2CC1.CC.CC.COC=O. The summed E-state index contributed by atoms with van der Waals surface area (Å²) < 4.78 is 3.86. The van der Waals surface area contributed by atoms with E-state index in [0.717, 1.165) is 24.8 Å². The average molecular weight is 437 g/mol. The number of piperazine rings is 1. The Hall–Kier alpha value is -2.37. The first kappa shape index (κ1) is 30.8. The van der Waals surface area contributed by atoms with Gasteiger partial charge in [-0.15, -0.1) is 0 Å². The van der Waals surface area contributed by atoms with Crippen LogP contribution >= 0.6 is 0 Å². The van der Waals surface area contributed by atoms with E-state index in [1.54, 1.807) is 11.8 Å². The van der Waals surface area contributed by atoms with Gasteiger partial charge in [-0.2, -0.15) is 0 Å². The number of hydrogen-bond donors (Lipinski definition) is 0. The van der Waals surface area contributed by atoms with E-state index in [4.69, 9.17) is 4.79 Å². The lowest BCUT2D eigenvalue weighted by Crippen LogP contribution is -2.68. The highest BCUT2D eigenvalue weighted by molar-refractivity contribution is 5.89. The fourth-order valence-electron chi connectivity index (χ4n) is 4.04. The van der Waals surface area contributed by atoms with Crippen molar-refractivity contribution >= 4 is 18.3 Å². The van der Waals surface area contributed by atoms with Gasteiger partial charge in [0.1, 0.15) is 6.04 Å². The lowest BCUT2D eigenvalue weighted by atomic mass is 9.83. The van der Waals surface area contributed by atoms with Crippen molar-refractivity contribution in [1.29, 1.82) is 0 Å². The molecule has 178 valence electrons. The van der Waals surface area contributed by atoms with Crippen LogP contribution in [0.3, 0.4) is 0 Å². The molecular weight excluding hydrogens is 392 g/mol. The number of fused-ring (bicyclic) bond motifs is 1. The Bertz CT molecular complexity index is 625. The molecule has 2 amide bonds. The first-order chi connectivity index (χ1) is 14.9. The molecule has 0 radical (unpaired) electrons. The molecule has 2 aliphatic heterocycles. The van der Waals surface area contributed by atoms with E-state index in [1.807, 2.05) is 51.7 Å². The van der Waals surface area contributed by atoms with Crippen molar-refractivity contribution in [2.24, 2.45) is 0 Å². The van der Waals surface area contributed by atoms with E-state index in [1.165, 1.54) is 12.7 Å². The molecule has 0 aromatic heterocycles. The summed E-state index contributed by atoms with van der Waals surface area (Å²) >= 11 is 0. The molecule has 0 N–H and O–H groups in total. The van der Waals surface area contributed by atoms with E-state index >= 15 is 0 Å². The van der Waals surface area contributed by atoms with E-state index < -0.39 is 0 Å². The normalized spacial score (nSPS) is 22.1. The number of rotatable bonds is 5. The molecule has 0 bridgehead atoms. The minimum atomic E-state index is -0.319.